The van der Waals surface area contributed by atoms with Crippen molar-refractivity contribution < 1.29 is 63.0 Å². The maximum Gasteiger partial charge on any atom is 0.245 e. The number of unbranched alkanes of at least 4 members (excludes halogenated alkanes) is 1. The number of carbonyl (C=O) groups is 11. The minimum absolute atomic E-state index is 0.0125. The fourth-order valence-corrected chi connectivity index (χ4v) is 8.62. The summed E-state index contributed by atoms with van der Waals surface area (Å²) in [6.07, 6.45) is -0.345. The van der Waals surface area contributed by atoms with Crippen LogP contribution in [0.5, 0.6) is 0 Å². The maximum absolute atomic E-state index is 14.4. The number of nitrogens with two attached hydrogens (primary N) is 5. The number of hydrogen-bond acceptors (Lipinski definition) is 18. The van der Waals surface area contributed by atoms with Gasteiger partial charge in [-0.2, -0.15) is 0 Å². The summed E-state index contributed by atoms with van der Waals surface area (Å²) in [4.78, 5) is 152. The van der Waals surface area contributed by atoms with Gasteiger partial charge in [-0.15, -0.1) is 0 Å². The van der Waals surface area contributed by atoms with Gasteiger partial charge in [-0.3, -0.25) is 52.7 Å². The van der Waals surface area contributed by atoms with Gasteiger partial charge in [0.2, 0.25) is 65.0 Å². The van der Waals surface area contributed by atoms with Gasteiger partial charge in [0, 0.05) is 13.0 Å². The first-order valence-corrected chi connectivity index (χ1v) is 28.5. The average molecular weight is 1160 g/mol. The molecule has 1 saturated heterocycles. The zero-order valence-electron chi connectivity index (χ0n) is 48.5. The van der Waals surface area contributed by atoms with Crippen molar-refractivity contribution in [2.45, 2.75) is 211 Å². The van der Waals surface area contributed by atoms with Crippen molar-refractivity contribution in [3.8, 4) is 0 Å². The number of amides is 11. The lowest BCUT2D eigenvalue weighted by atomic mass is 10.0. The maximum atomic E-state index is 14.4. The van der Waals surface area contributed by atoms with Gasteiger partial charge in [0.1, 0.15) is 60.4 Å². The van der Waals surface area contributed by atoms with E-state index in [2.05, 4.69) is 72.3 Å². The molecule has 0 aromatic rings. The molecular formula is C52H98N16O13. The van der Waals surface area contributed by atoms with Crippen LogP contribution >= 0.6 is 0 Å². The third kappa shape index (κ3) is 27.0. The summed E-state index contributed by atoms with van der Waals surface area (Å²) >= 11 is 0. The summed E-state index contributed by atoms with van der Waals surface area (Å²) < 4.78 is 0. The van der Waals surface area contributed by atoms with Gasteiger partial charge in [-0.1, -0.05) is 60.3 Å². The lowest BCUT2D eigenvalue weighted by molar-refractivity contribution is -0.137. The Morgan fingerprint density at radius 3 is 1.47 bits per heavy atom. The summed E-state index contributed by atoms with van der Waals surface area (Å²) in [5.41, 5.74) is 29.2. The molecule has 464 valence electrons. The first-order chi connectivity index (χ1) is 38.3. The molecule has 29 nitrogen and oxygen atoms in total. The lowest BCUT2D eigenvalue weighted by Gasteiger charge is -2.29. The van der Waals surface area contributed by atoms with Gasteiger partial charge >= 0.3 is 0 Å². The standard InChI is InChI=1S/C52H98N16O13/c1-8-12-32-43(72)61-34(16-22-54)44(73)63-37(19-25-57)49(78)67-41(30(6)69)51(80)58-26-20-38(47(76)62-35(17-23-55)46(75)66-39(27-28(3)4)50(79)60-32)64-45(74)36(18-24-56)65-52(81)42(31(7)70)68-48(77)33(15-21-53)59-40(71)14-11-10-13-29(5)9-2/h28-39,41-42,69-70H,8-27,53-57H2,1-7H3,(H,58,80)(H,59,71)(H,60,79)(H,61,72)(H,62,76)(H,63,73)(H,64,74)(H,65,81)(H,66,75)(H,67,78)(H,68,77)/t29?,30-,31-,32?,33+,34?,35+,36+,37+,38?,39?,41+,42+/m1/s1. The van der Waals surface area contributed by atoms with Crippen LogP contribution < -0.4 is 87.2 Å². The highest BCUT2D eigenvalue weighted by atomic mass is 16.3. The van der Waals surface area contributed by atoms with Crippen LogP contribution in [0.4, 0.5) is 0 Å². The smallest absolute Gasteiger partial charge is 0.245 e. The van der Waals surface area contributed by atoms with E-state index in [-0.39, 0.29) is 90.0 Å². The van der Waals surface area contributed by atoms with Crippen molar-refractivity contribution in [1.82, 2.24) is 58.5 Å². The summed E-state index contributed by atoms with van der Waals surface area (Å²) in [5, 5.41) is 49.4. The molecule has 0 aromatic carbocycles. The third-order valence-corrected chi connectivity index (χ3v) is 13.5. The molecule has 23 N–H and O–H groups in total. The fourth-order valence-electron chi connectivity index (χ4n) is 8.62. The Hall–Kier alpha value is -6.11. The van der Waals surface area contributed by atoms with E-state index >= 15 is 0 Å². The van der Waals surface area contributed by atoms with Crippen molar-refractivity contribution in [1.29, 1.82) is 0 Å². The minimum Gasteiger partial charge on any atom is -0.391 e. The first kappa shape index (κ1) is 72.9. The molecule has 0 aromatic heterocycles. The normalized spacial score (nSPS) is 23.5. The molecule has 0 saturated carbocycles. The third-order valence-electron chi connectivity index (χ3n) is 13.5. The Balaban J connectivity index is 3.78. The second kappa shape index (κ2) is 39.3. The van der Waals surface area contributed by atoms with E-state index in [4.69, 9.17) is 28.7 Å². The van der Waals surface area contributed by atoms with Crippen LogP contribution in [-0.2, 0) is 52.7 Å². The average Bonchev–Trinajstić information content (AvgIpc) is 3.40. The van der Waals surface area contributed by atoms with E-state index in [1.54, 1.807) is 20.8 Å². The van der Waals surface area contributed by atoms with Crippen LogP contribution in [0.15, 0.2) is 0 Å². The van der Waals surface area contributed by atoms with E-state index in [0.717, 1.165) is 19.3 Å². The van der Waals surface area contributed by atoms with Gasteiger partial charge in [0.25, 0.3) is 0 Å². The van der Waals surface area contributed by atoms with Crippen molar-refractivity contribution >= 4 is 65.0 Å². The number of carbonyl (C=O) groups excluding carboxylic acids is 11. The van der Waals surface area contributed by atoms with Crippen molar-refractivity contribution in [3.05, 3.63) is 0 Å². The molecule has 1 fully saturated rings. The fraction of sp³-hybridized carbons (Fsp3) is 0.788. The zero-order chi connectivity index (χ0) is 61.4. The van der Waals surface area contributed by atoms with E-state index in [0.29, 0.717) is 18.8 Å². The van der Waals surface area contributed by atoms with Gasteiger partial charge in [-0.05, 0) is 116 Å². The Morgan fingerprint density at radius 2 is 1.01 bits per heavy atom. The van der Waals surface area contributed by atoms with Crippen molar-refractivity contribution in [2.24, 2.45) is 40.5 Å². The molecule has 0 spiro atoms. The molecule has 11 amide bonds. The van der Waals surface area contributed by atoms with Crippen LogP contribution in [0.25, 0.3) is 0 Å². The number of hydrogen-bond donors (Lipinski definition) is 18. The lowest BCUT2D eigenvalue weighted by Crippen LogP contribution is -2.62. The predicted octanol–water partition coefficient (Wildman–Crippen LogP) is -5.69. The van der Waals surface area contributed by atoms with E-state index in [1.807, 2.05) is 0 Å². The molecule has 0 bridgehead atoms. The number of nitrogens with one attached hydrogen (secondary N) is 11. The minimum atomic E-state index is -1.69. The van der Waals surface area contributed by atoms with Crippen LogP contribution in [-0.4, -0.2) is 187 Å². The van der Waals surface area contributed by atoms with Gasteiger partial charge in [-0.25, -0.2) is 0 Å². The Morgan fingerprint density at radius 1 is 0.543 bits per heavy atom. The molecular weight excluding hydrogens is 1060 g/mol. The molecule has 1 rings (SSSR count). The zero-order valence-corrected chi connectivity index (χ0v) is 48.5. The first-order valence-electron chi connectivity index (χ1n) is 28.5. The summed E-state index contributed by atoms with van der Waals surface area (Å²) in [5.74, 6) is -9.28. The SMILES string of the molecule is CCCC1NC(=O)C(CC(C)C)NC(=O)[C@H](CCN)NC(=O)C(NC(=O)[C@H](CCN)NC(=O)[C@@H](NC(=O)[C@H](CCN)NC(=O)CCCCC(C)CC)[C@@H](C)O)CCNC(=O)[C@H]([C@@H](C)O)NC(=O)[C@H](CCN)NC(=O)C(CCN)NC1=O. The highest BCUT2D eigenvalue weighted by Crippen LogP contribution is 2.13. The quantitative estimate of drug-likeness (QED) is 0.0310. The number of rotatable bonds is 29. The molecule has 1 aliphatic heterocycles. The van der Waals surface area contributed by atoms with Crippen molar-refractivity contribution in [2.75, 3.05) is 39.3 Å². The molecule has 5 unspecified atom stereocenters. The Bertz CT molecular complexity index is 2030. The second-order valence-corrected chi connectivity index (χ2v) is 21.1. The summed E-state index contributed by atoms with van der Waals surface area (Å²) in [6.45, 7) is 10.8. The van der Waals surface area contributed by atoms with Gasteiger partial charge in [0.15, 0.2) is 0 Å². The molecule has 29 heteroatoms. The molecule has 0 aliphatic carbocycles. The van der Waals surface area contributed by atoms with Crippen molar-refractivity contribution in [3.63, 3.8) is 0 Å². The second-order valence-electron chi connectivity index (χ2n) is 21.1. The van der Waals surface area contributed by atoms with Gasteiger partial charge in [0.05, 0.1) is 12.2 Å². The van der Waals surface area contributed by atoms with Gasteiger partial charge < -0.3 is 97.4 Å². The van der Waals surface area contributed by atoms with Crippen LogP contribution in [0.1, 0.15) is 138 Å². The van der Waals surface area contributed by atoms with Crippen LogP contribution in [0.3, 0.4) is 0 Å². The van der Waals surface area contributed by atoms with Crippen LogP contribution in [0.2, 0.25) is 0 Å². The van der Waals surface area contributed by atoms with Crippen LogP contribution in [0, 0.1) is 11.8 Å². The molecule has 1 heterocycles. The highest BCUT2D eigenvalue weighted by molar-refractivity contribution is 5.99. The monoisotopic (exact) mass is 1150 g/mol. The largest absolute Gasteiger partial charge is 0.391 e. The molecule has 81 heavy (non-hydrogen) atoms. The highest BCUT2D eigenvalue weighted by Gasteiger charge is 2.37. The number of aliphatic hydroxyl groups is 2. The van der Waals surface area contributed by atoms with E-state index in [9.17, 15) is 63.0 Å². The summed E-state index contributed by atoms with van der Waals surface area (Å²) in [6, 6.07) is -14.4. The van der Waals surface area contributed by atoms with E-state index in [1.165, 1.54) is 13.8 Å². The Labute approximate surface area is 475 Å². The van der Waals surface area contributed by atoms with E-state index < -0.39 is 151 Å². The molecule has 0 radical (unpaired) electrons. The Kier molecular flexibility index (Phi) is 35.4. The topological polar surface area (TPSA) is 491 Å². The molecule has 1 aliphatic rings. The number of aliphatic hydroxyl groups excluding tert-OH is 2. The molecule has 13 atom stereocenters. The summed E-state index contributed by atoms with van der Waals surface area (Å²) in [7, 11) is 0. The predicted molar refractivity (Wildman–Crippen MR) is 301 cm³/mol.